The van der Waals surface area contributed by atoms with Crippen LogP contribution in [0.15, 0.2) is 27.5 Å². The lowest BCUT2D eigenvalue weighted by Crippen LogP contribution is -2.50. The number of hydrogen-bond acceptors (Lipinski definition) is 7. The summed E-state index contributed by atoms with van der Waals surface area (Å²) in [6.45, 7) is 4.31. The second kappa shape index (κ2) is 7.04. The summed E-state index contributed by atoms with van der Waals surface area (Å²) in [5.41, 5.74) is 0.745. The van der Waals surface area contributed by atoms with Gasteiger partial charge in [0.1, 0.15) is 5.75 Å². The number of aromatic nitrogens is 2. The number of nitrogens with zero attached hydrogens (tertiary/aromatic N) is 4. The van der Waals surface area contributed by atoms with E-state index in [1.54, 1.807) is 26.0 Å². The predicted octanol–water partition coefficient (Wildman–Crippen LogP) is 0.842. The Bertz CT molecular complexity index is 916. The Hall–Kier alpha value is -2.46. The minimum Gasteiger partial charge on any atom is -0.496 e. The second-order valence-electron chi connectivity index (χ2n) is 5.95. The van der Waals surface area contributed by atoms with Crippen molar-refractivity contribution in [3.05, 3.63) is 35.5 Å². The minimum absolute atomic E-state index is 0.0791. The highest BCUT2D eigenvalue weighted by Crippen LogP contribution is 2.24. The smallest absolute Gasteiger partial charge is 0.311 e. The van der Waals surface area contributed by atoms with E-state index in [2.05, 4.69) is 10.2 Å². The van der Waals surface area contributed by atoms with E-state index >= 15 is 0 Å². The van der Waals surface area contributed by atoms with Gasteiger partial charge >= 0.3 is 11.8 Å². The summed E-state index contributed by atoms with van der Waals surface area (Å²) in [4.78, 5) is 14.0. The lowest BCUT2D eigenvalue weighted by Gasteiger charge is -2.33. The van der Waals surface area contributed by atoms with Gasteiger partial charge in [-0.3, -0.25) is 4.79 Å². The van der Waals surface area contributed by atoms with E-state index in [-0.39, 0.29) is 42.9 Å². The van der Waals surface area contributed by atoms with E-state index in [0.29, 0.717) is 11.6 Å². The molecule has 9 nitrogen and oxygen atoms in total. The molecular formula is C16H20N4O5S. The molecule has 0 atom stereocenters. The first-order valence-corrected chi connectivity index (χ1v) is 9.51. The van der Waals surface area contributed by atoms with Crippen LogP contribution in [-0.4, -0.2) is 67.0 Å². The van der Waals surface area contributed by atoms with Crippen molar-refractivity contribution >= 4 is 15.9 Å². The number of methoxy groups -OCH3 is 1. The fraction of sp³-hybridized carbons (Fsp3) is 0.438. The molecule has 0 unspecified atom stereocenters. The first-order valence-electron chi connectivity index (χ1n) is 8.07. The summed E-state index contributed by atoms with van der Waals surface area (Å²) in [5, 5.41) is 7.35. The largest absolute Gasteiger partial charge is 0.496 e. The standard InChI is InChI=1S/C16H20N4O5S/c1-11-10-13(4-5-14(11)24-3)26(22,23)20-8-6-19(7-9-20)16(21)15-18-17-12(2)25-15/h4-5,10H,6-9H2,1-3H3. The first kappa shape index (κ1) is 18.3. The molecule has 1 aromatic heterocycles. The van der Waals surface area contributed by atoms with Crippen LogP contribution in [0.4, 0.5) is 0 Å². The van der Waals surface area contributed by atoms with Gasteiger partial charge in [-0.2, -0.15) is 4.31 Å². The summed E-state index contributed by atoms with van der Waals surface area (Å²) in [7, 11) is -2.09. The number of benzene rings is 1. The molecule has 0 bridgehead atoms. The van der Waals surface area contributed by atoms with Crippen LogP contribution in [0.1, 0.15) is 22.1 Å². The summed E-state index contributed by atoms with van der Waals surface area (Å²) in [6.07, 6.45) is 0. The number of aryl methyl sites for hydroxylation is 2. The normalized spacial score (nSPS) is 15.9. The maximum atomic E-state index is 12.8. The van der Waals surface area contributed by atoms with Gasteiger partial charge in [-0.25, -0.2) is 8.42 Å². The van der Waals surface area contributed by atoms with Crippen LogP contribution in [0, 0.1) is 13.8 Å². The third kappa shape index (κ3) is 3.42. The molecular weight excluding hydrogens is 360 g/mol. The lowest BCUT2D eigenvalue weighted by molar-refractivity contribution is 0.0656. The molecule has 2 aromatic rings. The SMILES string of the molecule is COc1ccc(S(=O)(=O)N2CCN(C(=O)c3nnc(C)o3)CC2)cc1C. The molecule has 1 fully saturated rings. The van der Waals surface area contributed by atoms with Gasteiger partial charge in [0.05, 0.1) is 12.0 Å². The number of sulfonamides is 1. The van der Waals surface area contributed by atoms with Gasteiger partial charge in [-0.05, 0) is 30.7 Å². The summed E-state index contributed by atoms with van der Waals surface area (Å²) < 4.78 is 37.3. The Morgan fingerprint density at radius 3 is 2.38 bits per heavy atom. The molecule has 1 aliphatic heterocycles. The van der Waals surface area contributed by atoms with E-state index in [0.717, 1.165) is 5.56 Å². The molecule has 10 heteroatoms. The molecule has 26 heavy (non-hydrogen) atoms. The topological polar surface area (TPSA) is 106 Å². The fourth-order valence-corrected chi connectivity index (χ4v) is 4.32. The average Bonchev–Trinajstić information content (AvgIpc) is 3.07. The van der Waals surface area contributed by atoms with Gasteiger partial charge in [0.15, 0.2) is 0 Å². The van der Waals surface area contributed by atoms with Crippen LogP contribution < -0.4 is 4.74 Å². The molecule has 0 radical (unpaired) electrons. The van der Waals surface area contributed by atoms with Gasteiger partial charge < -0.3 is 14.1 Å². The molecule has 0 saturated carbocycles. The van der Waals surface area contributed by atoms with Crippen molar-refractivity contribution in [1.82, 2.24) is 19.4 Å². The van der Waals surface area contributed by atoms with Crippen LogP contribution >= 0.6 is 0 Å². The van der Waals surface area contributed by atoms with E-state index in [1.165, 1.54) is 22.4 Å². The second-order valence-corrected chi connectivity index (χ2v) is 7.89. The van der Waals surface area contributed by atoms with E-state index < -0.39 is 10.0 Å². The quantitative estimate of drug-likeness (QED) is 0.774. The number of hydrogen-bond donors (Lipinski definition) is 0. The van der Waals surface area contributed by atoms with Crippen LogP contribution in [0.5, 0.6) is 5.75 Å². The number of carbonyl (C=O) groups excluding carboxylic acids is 1. The molecule has 0 spiro atoms. The van der Waals surface area contributed by atoms with Crippen molar-refractivity contribution in [1.29, 1.82) is 0 Å². The highest BCUT2D eigenvalue weighted by atomic mass is 32.2. The van der Waals surface area contributed by atoms with Crippen molar-refractivity contribution < 1.29 is 22.4 Å². The van der Waals surface area contributed by atoms with E-state index in [4.69, 9.17) is 9.15 Å². The Labute approximate surface area is 151 Å². The van der Waals surface area contributed by atoms with Gasteiger partial charge in [-0.1, -0.05) is 0 Å². The fourth-order valence-electron chi connectivity index (χ4n) is 2.81. The third-order valence-electron chi connectivity index (χ3n) is 4.24. The van der Waals surface area contributed by atoms with E-state index in [1.807, 2.05) is 0 Å². The summed E-state index contributed by atoms with van der Waals surface area (Å²) in [5.74, 6) is 0.478. The number of piperazine rings is 1. The van der Waals surface area contributed by atoms with Gasteiger partial charge in [0.25, 0.3) is 0 Å². The molecule has 0 N–H and O–H groups in total. The maximum absolute atomic E-state index is 12.8. The van der Waals surface area contributed by atoms with E-state index in [9.17, 15) is 13.2 Å². The number of rotatable bonds is 4. The minimum atomic E-state index is -3.63. The van der Waals surface area contributed by atoms with Crippen LogP contribution in [0.3, 0.4) is 0 Å². The number of amides is 1. The first-order chi connectivity index (χ1) is 12.3. The van der Waals surface area contributed by atoms with Gasteiger partial charge in [0.2, 0.25) is 15.9 Å². The number of carbonyl (C=O) groups is 1. The van der Waals surface area contributed by atoms with Gasteiger partial charge in [0, 0.05) is 33.1 Å². The Morgan fingerprint density at radius 1 is 1.15 bits per heavy atom. The third-order valence-corrected chi connectivity index (χ3v) is 6.13. The number of ether oxygens (including phenoxy) is 1. The van der Waals surface area contributed by atoms with Crippen molar-refractivity contribution in [3.8, 4) is 5.75 Å². The van der Waals surface area contributed by atoms with Crippen molar-refractivity contribution in [2.45, 2.75) is 18.7 Å². The summed E-state index contributed by atoms with van der Waals surface area (Å²) >= 11 is 0. The lowest BCUT2D eigenvalue weighted by atomic mass is 10.2. The molecule has 1 amide bonds. The zero-order valence-electron chi connectivity index (χ0n) is 14.8. The van der Waals surface area contributed by atoms with Crippen LogP contribution in [0.25, 0.3) is 0 Å². The Morgan fingerprint density at radius 2 is 1.85 bits per heavy atom. The zero-order chi connectivity index (χ0) is 18.9. The zero-order valence-corrected chi connectivity index (χ0v) is 15.6. The molecule has 1 aromatic carbocycles. The summed E-state index contributed by atoms with van der Waals surface area (Å²) in [6, 6.07) is 4.76. The highest BCUT2D eigenvalue weighted by Gasteiger charge is 2.32. The van der Waals surface area contributed by atoms with Crippen LogP contribution in [-0.2, 0) is 10.0 Å². The molecule has 1 aliphatic rings. The molecule has 2 heterocycles. The van der Waals surface area contributed by atoms with Crippen molar-refractivity contribution in [2.24, 2.45) is 0 Å². The Balaban J connectivity index is 1.70. The average molecular weight is 380 g/mol. The highest BCUT2D eigenvalue weighted by molar-refractivity contribution is 7.89. The maximum Gasteiger partial charge on any atom is 0.311 e. The van der Waals surface area contributed by atoms with Crippen LogP contribution in [0.2, 0.25) is 0 Å². The van der Waals surface area contributed by atoms with Crippen molar-refractivity contribution in [3.63, 3.8) is 0 Å². The molecule has 140 valence electrons. The molecule has 0 aliphatic carbocycles. The van der Waals surface area contributed by atoms with Crippen molar-refractivity contribution in [2.75, 3.05) is 33.3 Å². The monoisotopic (exact) mass is 380 g/mol. The Kier molecular flexibility index (Phi) is 4.97. The predicted molar refractivity (Wildman–Crippen MR) is 91.4 cm³/mol. The molecule has 3 rings (SSSR count). The molecule has 1 saturated heterocycles. The van der Waals surface area contributed by atoms with Gasteiger partial charge in [-0.15, -0.1) is 10.2 Å².